The van der Waals surface area contributed by atoms with E-state index >= 15 is 0 Å². The topological polar surface area (TPSA) is 78.5 Å². The number of nitrogens with one attached hydrogen (secondary N) is 1. The maximum absolute atomic E-state index is 13.2. The summed E-state index contributed by atoms with van der Waals surface area (Å²) in [5.41, 5.74) is 5.03. The number of hydrogen-bond acceptors (Lipinski definition) is 6. The molecule has 2 aromatic carbocycles. The number of aromatic amines is 1. The second-order valence-electron chi connectivity index (χ2n) is 8.67. The minimum atomic E-state index is -0.628. The van der Waals surface area contributed by atoms with Gasteiger partial charge in [0, 0.05) is 37.7 Å². The molecule has 2 heterocycles. The van der Waals surface area contributed by atoms with Gasteiger partial charge in [0.25, 0.3) is 5.56 Å². The Balaban J connectivity index is 1.60. The van der Waals surface area contributed by atoms with E-state index in [9.17, 15) is 9.90 Å². The first-order valence-corrected chi connectivity index (χ1v) is 12.4. The van der Waals surface area contributed by atoms with Crippen molar-refractivity contribution < 1.29 is 9.84 Å². The Morgan fingerprint density at radius 3 is 2.71 bits per heavy atom. The molecule has 0 fully saturated rings. The number of ether oxygens (including phenoxy) is 1. The lowest BCUT2D eigenvalue weighted by Gasteiger charge is -2.24. The average Bonchev–Trinajstić information content (AvgIpc) is 3.25. The van der Waals surface area contributed by atoms with E-state index in [2.05, 4.69) is 41.9 Å². The summed E-state index contributed by atoms with van der Waals surface area (Å²) in [7, 11) is 1.68. The van der Waals surface area contributed by atoms with Gasteiger partial charge in [-0.25, -0.2) is 4.98 Å². The number of aliphatic hydroxyl groups is 1. The van der Waals surface area contributed by atoms with Crippen LogP contribution < -0.4 is 5.56 Å². The second kappa shape index (κ2) is 11.1. The van der Waals surface area contributed by atoms with E-state index in [0.717, 1.165) is 45.6 Å². The van der Waals surface area contributed by atoms with Crippen molar-refractivity contribution in [3.8, 4) is 11.1 Å². The van der Waals surface area contributed by atoms with Crippen molar-refractivity contribution >= 4 is 21.6 Å². The van der Waals surface area contributed by atoms with Crippen molar-refractivity contribution in [2.24, 2.45) is 0 Å². The molecule has 0 aliphatic rings. The summed E-state index contributed by atoms with van der Waals surface area (Å²) in [6, 6.07) is 15.9. The molecule has 6 nitrogen and oxygen atoms in total. The molecule has 0 saturated heterocycles. The van der Waals surface area contributed by atoms with E-state index in [-0.39, 0.29) is 5.56 Å². The molecular formula is C27H31N3O3S. The Labute approximate surface area is 203 Å². The highest BCUT2D eigenvalue weighted by Crippen LogP contribution is 2.33. The van der Waals surface area contributed by atoms with Crippen LogP contribution in [-0.2, 0) is 11.3 Å². The van der Waals surface area contributed by atoms with Crippen molar-refractivity contribution in [3.63, 3.8) is 0 Å². The maximum atomic E-state index is 13.2. The van der Waals surface area contributed by atoms with Gasteiger partial charge in [-0.2, -0.15) is 0 Å². The minimum absolute atomic E-state index is 0.127. The lowest BCUT2D eigenvalue weighted by Crippen LogP contribution is -2.31. The van der Waals surface area contributed by atoms with Crippen LogP contribution in [0.1, 0.15) is 35.0 Å². The fourth-order valence-electron chi connectivity index (χ4n) is 4.20. The number of fused-ring (bicyclic) bond motifs is 1. The highest BCUT2D eigenvalue weighted by molar-refractivity contribution is 7.17. The molecule has 2 aromatic heterocycles. The number of nitrogens with zero attached hydrogens (tertiary/aromatic N) is 2. The zero-order valence-corrected chi connectivity index (χ0v) is 20.7. The third kappa shape index (κ3) is 5.62. The highest BCUT2D eigenvalue weighted by Gasteiger charge is 2.18. The van der Waals surface area contributed by atoms with Crippen LogP contribution in [0.2, 0.25) is 0 Å². The molecule has 2 N–H and O–H groups in total. The number of benzene rings is 2. The highest BCUT2D eigenvalue weighted by atomic mass is 32.1. The van der Waals surface area contributed by atoms with Crippen molar-refractivity contribution in [1.82, 2.24) is 14.9 Å². The van der Waals surface area contributed by atoms with Crippen LogP contribution in [-0.4, -0.2) is 46.8 Å². The van der Waals surface area contributed by atoms with E-state index < -0.39 is 6.10 Å². The first kappa shape index (κ1) is 24.3. The smallest absolute Gasteiger partial charge is 0.260 e. The van der Waals surface area contributed by atoms with Gasteiger partial charge in [0.05, 0.1) is 18.0 Å². The fraction of sp³-hybridized carbons (Fsp3) is 0.333. The Kier molecular flexibility index (Phi) is 7.90. The number of aliphatic hydroxyl groups excluding tert-OH is 1. The van der Waals surface area contributed by atoms with Gasteiger partial charge in [-0.05, 0) is 37.0 Å². The van der Waals surface area contributed by atoms with Crippen LogP contribution in [0.3, 0.4) is 0 Å². The predicted octanol–water partition coefficient (Wildman–Crippen LogP) is 4.84. The molecule has 7 heteroatoms. The third-order valence-electron chi connectivity index (χ3n) is 5.99. The van der Waals surface area contributed by atoms with E-state index in [0.29, 0.717) is 30.9 Å². The number of thiophene rings is 1. The predicted molar refractivity (Wildman–Crippen MR) is 138 cm³/mol. The van der Waals surface area contributed by atoms with Crippen LogP contribution >= 0.6 is 11.3 Å². The van der Waals surface area contributed by atoms with Crippen LogP contribution in [0.5, 0.6) is 0 Å². The van der Waals surface area contributed by atoms with Crippen LogP contribution in [0.25, 0.3) is 21.3 Å². The van der Waals surface area contributed by atoms with Gasteiger partial charge in [0.2, 0.25) is 0 Å². The standard InChI is InChI=1S/C27H31N3O3S/c1-18-10-11-19(2)21(14-18)22-17-34-27-25(22)26(32)28-24(29-27)16-30(12-7-13-33-3)15-23(31)20-8-5-4-6-9-20/h4-6,8-11,14,17,23,31H,7,12-13,15-16H2,1-3H3,(H,28,29,32). The monoisotopic (exact) mass is 477 g/mol. The molecule has 0 spiro atoms. The average molecular weight is 478 g/mol. The molecular weight excluding hydrogens is 446 g/mol. The van der Waals surface area contributed by atoms with Crippen LogP contribution in [0.4, 0.5) is 0 Å². The van der Waals surface area contributed by atoms with Gasteiger partial charge in [0.1, 0.15) is 10.7 Å². The van der Waals surface area contributed by atoms with Crippen molar-refractivity contribution in [1.29, 1.82) is 0 Å². The number of rotatable bonds is 10. The Bertz CT molecular complexity index is 1300. The number of H-pyrrole nitrogens is 1. The molecule has 0 amide bonds. The zero-order valence-electron chi connectivity index (χ0n) is 19.9. The van der Waals surface area contributed by atoms with Crippen molar-refractivity contribution in [2.75, 3.05) is 26.8 Å². The molecule has 0 aliphatic heterocycles. The second-order valence-corrected chi connectivity index (χ2v) is 9.53. The molecule has 34 heavy (non-hydrogen) atoms. The summed E-state index contributed by atoms with van der Waals surface area (Å²) >= 11 is 1.49. The first-order valence-electron chi connectivity index (χ1n) is 11.5. The molecule has 0 aliphatic carbocycles. The lowest BCUT2D eigenvalue weighted by molar-refractivity contribution is 0.0981. The number of methoxy groups -OCH3 is 1. The Morgan fingerprint density at radius 1 is 1.15 bits per heavy atom. The Hall–Kier alpha value is -2.84. The quantitative estimate of drug-likeness (QED) is 0.320. The van der Waals surface area contributed by atoms with E-state index in [1.54, 1.807) is 7.11 Å². The molecule has 1 atom stereocenters. The van der Waals surface area contributed by atoms with Gasteiger partial charge >= 0.3 is 0 Å². The van der Waals surface area contributed by atoms with E-state index in [1.165, 1.54) is 11.3 Å². The molecule has 0 radical (unpaired) electrons. The van der Waals surface area contributed by atoms with Crippen molar-refractivity contribution in [2.45, 2.75) is 32.9 Å². The fourth-order valence-corrected chi connectivity index (χ4v) is 5.15. The molecule has 0 bridgehead atoms. The lowest BCUT2D eigenvalue weighted by atomic mass is 9.99. The van der Waals surface area contributed by atoms with Gasteiger partial charge in [-0.1, -0.05) is 54.1 Å². The van der Waals surface area contributed by atoms with Crippen LogP contribution in [0.15, 0.2) is 58.7 Å². The summed E-state index contributed by atoms with van der Waals surface area (Å²) in [6.07, 6.45) is 0.192. The molecule has 178 valence electrons. The largest absolute Gasteiger partial charge is 0.387 e. The number of hydrogen-bond donors (Lipinski definition) is 2. The van der Waals surface area contributed by atoms with Gasteiger partial charge in [-0.3, -0.25) is 9.69 Å². The summed E-state index contributed by atoms with van der Waals surface area (Å²) < 4.78 is 5.21. The van der Waals surface area contributed by atoms with E-state index in [1.807, 2.05) is 35.7 Å². The number of aryl methyl sites for hydroxylation is 2. The van der Waals surface area contributed by atoms with Crippen molar-refractivity contribution in [3.05, 3.63) is 86.8 Å². The van der Waals surface area contributed by atoms with Gasteiger partial charge in [-0.15, -0.1) is 11.3 Å². The van der Waals surface area contributed by atoms with Gasteiger partial charge < -0.3 is 14.8 Å². The number of aromatic nitrogens is 2. The van der Waals surface area contributed by atoms with Gasteiger partial charge in [0.15, 0.2) is 0 Å². The molecule has 4 rings (SSSR count). The van der Waals surface area contributed by atoms with E-state index in [4.69, 9.17) is 9.72 Å². The third-order valence-corrected chi connectivity index (χ3v) is 6.86. The molecule has 1 unspecified atom stereocenters. The summed E-state index contributed by atoms with van der Waals surface area (Å²) in [5, 5.41) is 13.4. The Morgan fingerprint density at radius 2 is 1.94 bits per heavy atom. The summed E-state index contributed by atoms with van der Waals surface area (Å²) in [4.78, 5) is 23.8. The molecule has 4 aromatic rings. The zero-order chi connectivity index (χ0) is 24.1. The van der Waals surface area contributed by atoms with Crippen LogP contribution in [0, 0.1) is 13.8 Å². The first-order chi connectivity index (χ1) is 16.5. The maximum Gasteiger partial charge on any atom is 0.260 e. The normalized spacial score (nSPS) is 12.5. The molecule has 0 saturated carbocycles. The summed E-state index contributed by atoms with van der Waals surface area (Å²) in [6.45, 7) is 6.34. The minimum Gasteiger partial charge on any atom is -0.387 e. The summed E-state index contributed by atoms with van der Waals surface area (Å²) in [5.74, 6) is 0.601. The SMILES string of the molecule is COCCCN(Cc1nc2scc(-c3cc(C)ccc3C)c2c(=O)[nH]1)CC(O)c1ccccc1.